The predicted molar refractivity (Wildman–Crippen MR) is 76.1 cm³/mol. The summed E-state index contributed by atoms with van der Waals surface area (Å²) < 4.78 is 27.5. The number of hydrogen-bond donors (Lipinski definition) is 2. The van der Waals surface area contributed by atoms with E-state index in [9.17, 15) is 13.2 Å². The zero-order valence-electron chi connectivity index (χ0n) is 11.8. The summed E-state index contributed by atoms with van der Waals surface area (Å²) in [6.45, 7) is 2.53. The van der Waals surface area contributed by atoms with Crippen LogP contribution in [-0.4, -0.2) is 49.9 Å². The number of hydrazine groups is 1. The lowest BCUT2D eigenvalue weighted by Crippen LogP contribution is -2.53. The first-order valence-corrected chi connectivity index (χ1v) is 8.85. The van der Waals surface area contributed by atoms with Crippen LogP contribution in [0.2, 0.25) is 0 Å². The fraction of sp³-hybridized carbons (Fsp3) is 0.917. The SMILES string of the molecule is O=C(NN1CCCCCC1)NS(=O)(=O)N1CCCCC1. The van der Waals surface area contributed by atoms with E-state index in [0.29, 0.717) is 13.1 Å². The second-order valence-electron chi connectivity index (χ2n) is 5.41. The summed E-state index contributed by atoms with van der Waals surface area (Å²) in [7, 11) is -3.70. The Labute approximate surface area is 120 Å². The van der Waals surface area contributed by atoms with Gasteiger partial charge in [-0.3, -0.25) is 5.43 Å². The Morgan fingerprint density at radius 2 is 1.30 bits per heavy atom. The molecule has 2 heterocycles. The minimum Gasteiger partial charge on any atom is -0.270 e. The lowest BCUT2D eigenvalue weighted by atomic mass is 10.2. The van der Waals surface area contributed by atoms with Crippen LogP contribution in [0.5, 0.6) is 0 Å². The van der Waals surface area contributed by atoms with Gasteiger partial charge in [-0.2, -0.15) is 12.7 Å². The second-order valence-corrected chi connectivity index (χ2v) is 7.08. The first-order chi connectivity index (χ1) is 9.58. The standard InChI is InChI=1S/C12H24N4O3S/c17-12(13-15-8-4-1-2-5-9-15)14-20(18,19)16-10-6-3-7-11-16/h1-11H2,(H2,13,14,17). The molecule has 20 heavy (non-hydrogen) atoms. The number of carbonyl (C=O) groups is 1. The molecule has 2 aliphatic rings. The Bertz CT molecular complexity index is 412. The highest BCUT2D eigenvalue weighted by Gasteiger charge is 2.26. The van der Waals surface area contributed by atoms with Crippen LogP contribution in [0.25, 0.3) is 0 Å². The summed E-state index contributed by atoms with van der Waals surface area (Å²) in [6.07, 6.45) is 7.13. The van der Waals surface area contributed by atoms with Crippen LogP contribution in [0.3, 0.4) is 0 Å². The maximum atomic E-state index is 12.0. The number of nitrogens with zero attached hydrogens (tertiary/aromatic N) is 2. The van der Waals surface area contributed by atoms with Crippen molar-refractivity contribution in [3.63, 3.8) is 0 Å². The number of nitrogens with one attached hydrogen (secondary N) is 2. The Balaban J connectivity index is 1.83. The number of hydrogen-bond acceptors (Lipinski definition) is 4. The Morgan fingerprint density at radius 3 is 1.90 bits per heavy atom. The van der Waals surface area contributed by atoms with Gasteiger partial charge in [0.2, 0.25) is 0 Å². The summed E-state index contributed by atoms with van der Waals surface area (Å²) in [6, 6.07) is -0.655. The summed E-state index contributed by atoms with van der Waals surface area (Å²) in [4.78, 5) is 11.8. The van der Waals surface area contributed by atoms with Gasteiger partial charge in [-0.05, 0) is 25.7 Å². The quantitative estimate of drug-likeness (QED) is 0.808. The van der Waals surface area contributed by atoms with Crippen molar-refractivity contribution >= 4 is 16.2 Å². The van der Waals surface area contributed by atoms with E-state index >= 15 is 0 Å². The molecule has 2 aliphatic heterocycles. The second kappa shape index (κ2) is 7.24. The lowest BCUT2D eigenvalue weighted by Gasteiger charge is -2.27. The third-order valence-electron chi connectivity index (χ3n) is 3.74. The molecule has 0 radical (unpaired) electrons. The topological polar surface area (TPSA) is 81.8 Å². The number of piperidine rings is 1. The van der Waals surface area contributed by atoms with Crippen LogP contribution in [-0.2, 0) is 10.2 Å². The van der Waals surface area contributed by atoms with Gasteiger partial charge in [0, 0.05) is 26.2 Å². The van der Waals surface area contributed by atoms with E-state index in [1.807, 2.05) is 0 Å². The zero-order valence-corrected chi connectivity index (χ0v) is 12.6. The maximum absolute atomic E-state index is 12.0. The van der Waals surface area contributed by atoms with Gasteiger partial charge in [-0.25, -0.2) is 14.5 Å². The molecule has 2 amide bonds. The molecule has 2 N–H and O–H groups in total. The maximum Gasteiger partial charge on any atom is 0.343 e. The van der Waals surface area contributed by atoms with Crippen molar-refractivity contribution in [3.05, 3.63) is 0 Å². The summed E-state index contributed by atoms with van der Waals surface area (Å²) in [5.74, 6) is 0. The normalized spacial score (nSPS) is 23.0. The summed E-state index contributed by atoms with van der Waals surface area (Å²) >= 11 is 0. The molecule has 0 aromatic rings. The zero-order chi connectivity index (χ0) is 14.4. The Morgan fingerprint density at radius 1 is 0.800 bits per heavy atom. The highest BCUT2D eigenvalue weighted by atomic mass is 32.2. The molecule has 0 atom stereocenters. The first-order valence-electron chi connectivity index (χ1n) is 7.41. The number of carbonyl (C=O) groups excluding carboxylic acids is 1. The third kappa shape index (κ3) is 4.60. The molecule has 0 spiro atoms. The molecular formula is C12H24N4O3S. The van der Waals surface area contributed by atoms with Crippen LogP contribution in [0.1, 0.15) is 44.9 Å². The molecule has 0 saturated carbocycles. The van der Waals surface area contributed by atoms with Crippen LogP contribution in [0.15, 0.2) is 0 Å². The predicted octanol–water partition coefficient (Wildman–Crippen LogP) is 0.807. The van der Waals surface area contributed by atoms with E-state index in [1.54, 1.807) is 5.01 Å². The molecule has 0 aromatic heterocycles. The van der Waals surface area contributed by atoms with E-state index in [4.69, 9.17) is 0 Å². The number of amides is 2. The molecule has 0 bridgehead atoms. The van der Waals surface area contributed by atoms with Crippen molar-refractivity contribution in [2.45, 2.75) is 44.9 Å². The highest BCUT2D eigenvalue weighted by Crippen LogP contribution is 2.12. The van der Waals surface area contributed by atoms with Crippen LogP contribution < -0.4 is 10.1 Å². The molecular weight excluding hydrogens is 280 g/mol. The summed E-state index contributed by atoms with van der Waals surface area (Å²) in [5, 5.41) is 1.80. The Kier molecular flexibility index (Phi) is 5.62. The largest absolute Gasteiger partial charge is 0.343 e. The van der Waals surface area contributed by atoms with E-state index < -0.39 is 16.2 Å². The van der Waals surface area contributed by atoms with Crippen molar-refractivity contribution in [3.8, 4) is 0 Å². The van der Waals surface area contributed by atoms with Gasteiger partial charge in [0.05, 0.1) is 0 Å². The van der Waals surface area contributed by atoms with Crippen LogP contribution in [0.4, 0.5) is 4.79 Å². The molecule has 2 rings (SSSR count). The molecule has 0 aliphatic carbocycles. The van der Waals surface area contributed by atoms with Gasteiger partial charge in [0.25, 0.3) is 0 Å². The molecule has 2 saturated heterocycles. The van der Waals surface area contributed by atoms with E-state index in [1.165, 1.54) is 4.31 Å². The van der Waals surface area contributed by atoms with Crippen molar-refractivity contribution in [2.75, 3.05) is 26.2 Å². The van der Waals surface area contributed by atoms with Gasteiger partial charge >= 0.3 is 16.2 Å². The fourth-order valence-electron chi connectivity index (χ4n) is 2.64. The minimum absolute atomic E-state index is 0.492. The van der Waals surface area contributed by atoms with Gasteiger partial charge in [0.15, 0.2) is 0 Å². The van der Waals surface area contributed by atoms with E-state index in [0.717, 1.165) is 58.0 Å². The average Bonchev–Trinajstić information content (AvgIpc) is 2.67. The molecule has 8 heteroatoms. The van der Waals surface area contributed by atoms with Gasteiger partial charge in [-0.15, -0.1) is 0 Å². The van der Waals surface area contributed by atoms with Crippen molar-refractivity contribution in [2.24, 2.45) is 0 Å². The fourth-order valence-corrected chi connectivity index (χ4v) is 3.78. The first kappa shape index (κ1) is 15.5. The average molecular weight is 304 g/mol. The van der Waals surface area contributed by atoms with Crippen LogP contribution >= 0.6 is 0 Å². The molecule has 116 valence electrons. The van der Waals surface area contributed by atoms with Gasteiger partial charge in [0.1, 0.15) is 0 Å². The van der Waals surface area contributed by atoms with E-state index in [-0.39, 0.29) is 0 Å². The third-order valence-corrected chi connectivity index (χ3v) is 5.23. The lowest BCUT2D eigenvalue weighted by molar-refractivity contribution is 0.183. The molecule has 2 fully saturated rings. The smallest absolute Gasteiger partial charge is 0.270 e. The highest BCUT2D eigenvalue weighted by molar-refractivity contribution is 7.87. The molecule has 7 nitrogen and oxygen atoms in total. The molecule has 0 aromatic carbocycles. The van der Waals surface area contributed by atoms with Crippen molar-refractivity contribution in [1.29, 1.82) is 0 Å². The van der Waals surface area contributed by atoms with Crippen LogP contribution in [0, 0.1) is 0 Å². The minimum atomic E-state index is -3.70. The van der Waals surface area contributed by atoms with Gasteiger partial charge in [-0.1, -0.05) is 19.3 Å². The number of urea groups is 1. The monoisotopic (exact) mass is 304 g/mol. The summed E-state index contributed by atoms with van der Waals surface area (Å²) in [5.41, 5.74) is 2.63. The Hall–Kier alpha value is -0.860. The van der Waals surface area contributed by atoms with E-state index in [2.05, 4.69) is 10.1 Å². The van der Waals surface area contributed by atoms with Crippen molar-refractivity contribution in [1.82, 2.24) is 19.5 Å². The van der Waals surface area contributed by atoms with Gasteiger partial charge < -0.3 is 0 Å². The number of rotatable bonds is 3. The van der Waals surface area contributed by atoms with Crippen molar-refractivity contribution < 1.29 is 13.2 Å². The molecule has 0 unspecified atom stereocenters.